The Balaban J connectivity index is 4.80. The minimum atomic E-state index is -5.66. The molecule has 0 aromatic rings. The van der Waals surface area contributed by atoms with Gasteiger partial charge in [-0.1, -0.05) is 0 Å². The molecule has 7 heteroatoms. The zero-order valence-electron chi connectivity index (χ0n) is 4.72. The van der Waals surface area contributed by atoms with E-state index in [0.29, 0.717) is 0 Å². The summed E-state index contributed by atoms with van der Waals surface area (Å²) < 4.78 is 78.2. The Morgan fingerprint density at radius 2 is 1.36 bits per heavy atom. The highest BCUT2D eigenvalue weighted by molar-refractivity contribution is 5.12. The highest BCUT2D eigenvalue weighted by Crippen LogP contribution is 2.33. The van der Waals surface area contributed by atoms with Crippen LogP contribution in [0.2, 0.25) is 0 Å². The molecular formula is C4HF7. The number of rotatable bonds is 1. The molecule has 0 heterocycles. The molecule has 0 aliphatic heterocycles. The molecule has 0 bridgehead atoms. The molecule has 0 spiro atoms. The van der Waals surface area contributed by atoms with E-state index in [-0.39, 0.29) is 0 Å². The summed E-state index contributed by atoms with van der Waals surface area (Å²) in [7, 11) is 0. The van der Waals surface area contributed by atoms with Crippen LogP contribution in [-0.4, -0.2) is 12.6 Å². The molecule has 0 radical (unpaired) electrons. The Kier molecular flexibility index (Phi) is 2.89. The van der Waals surface area contributed by atoms with Gasteiger partial charge in [0.15, 0.2) is 5.57 Å². The molecule has 0 amide bonds. The molecular weight excluding hydrogens is 181 g/mol. The molecule has 0 aliphatic rings. The van der Waals surface area contributed by atoms with Crippen LogP contribution in [0.1, 0.15) is 0 Å². The van der Waals surface area contributed by atoms with E-state index in [1.807, 2.05) is 0 Å². The number of allylic oxidation sites excluding steroid dienone is 1. The Hall–Kier alpha value is -0.750. The minimum Gasteiger partial charge on any atom is -0.205 e. The molecule has 0 atom stereocenters. The van der Waals surface area contributed by atoms with Gasteiger partial charge in [-0.25, -0.2) is 8.78 Å². The third kappa shape index (κ3) is 2.77. The van der Waals surface area contributed by atoms with E-state index in [1.54, 1.807) is 0 Å². The molecule has 0 unspecified atom stereocenters. The second-order valence-electron chi connectivity index (χ2n) is 1.47. The summed E-state index contributed by atoms with van der Waals surface area (Å²) in [5.74, 6) is 0. The van der Waals surface area contributed by atoms with Crippen LogP contribution in [0.15, 0.2) is 11.7 Å². The maximum absolute atomic E-state index is 11.2. The molecule has 0 aromatic heterocycles. The largest absolute Gasteiger partial charge is 0.423 e. The lowest BCUT2D eigenvalue weighted by atomic mass is 10.3. The van der Waals surface area contributed by atoms with Crippen molar-refractivity contribution in [2.24, 2.45) is 0 Å². The van der Waals surface area contributed by atoms with Crippen molar-refractivity contribution in [3.8, 4) is 0 Å². The van der Waals surface area contributed by atoms with E-state index in [0.717, 1.165) is 0 Å². The summed E-state index contributed by atoms with van der Waals surface area (Å²) in [4.78, 5) is 0. The van der Waals surface area contributed by atoms with Crippen molar-refractivity contribution >= 4 is 0 Å². The van der Waals surface area contributed by atoms with Crippen LogP contribution < -0.4 is 0 Å². The Morgan fingerprint density at radius 1 is 1.00 bits per heavy atom. The molecule has 0 rings (SSSR count). The van der Waals surface area contributed by atoms with Crippen LogP contribution in [0.25, 0.3) is 0 Å². The fourth-order valence-corrected chi connectivity index (χ4v) is 0.313. The van der Waals surface area contributed by atoms with Gasteiger partial charge in [0, 0.05) is 0 Å². The lowest BCUT2D eigenvalue weighted by Crippen LogP contribution is -2.19. The zero-order chi connectivity index (χ0) is 9.23. The van der Waals surface area contributed by atoms with E-state index in [2.05, 4.69) is 0 Å². The average Bonchev–Trinajstić information content (AvgIpc) is 1.54. The van der Waals surface area contributed by atoms with Crippen molar-refractivity contribution in [1.82, 2.24) is 0 Å². The molecule has 0 saturated heterocycles. The van der Waals surface area contributed by atoms with Gasteiger partial charge >= 0.3 is 6.18 Å². The van der Waals surface area contributed by atoms with Gasteiger partial charge in [-0.2, -0.15) is 22.0 Å². The third-order valence-electron chi connectivity index (χ3n) is 0.727. The third-order valence-corrected chi connectivity index (χ3v) is 0.727. The van der Waals surface area contributed by atoms with E-state index in [4.69, 9.17) is 0 Å². The maximum Gasteiger partial charge on any atom is 0.423 e. The fourth-order valence-electron chi connectivity index (χ4n) is 0.313. The number of alkyl halides is 5. The predicted octanol–water partition coefficient (Wildman–Crippen LogP) is 2.96. The summed E-state index contributed by atoms with van der Waals surface area (Å²) in [6, 6.07) is 0. The van der Waals surface area contributed by atoms with Crippen molar-refractivity contribution in [2.45, 2.75) is 12.6 Å². The molecule has 0 N–H and O–H groups in total. The number of hydrogen-bond acceptors (Lipinski definition) is 0. The van der Waals surface area contributed by atoms with Crippen LogP contribution in [0, 0.1) is 0 Å². The van der Waals surface area contributed by atoms with E-state index < -0.39 is 24.3 Å². The lowest BCUT2D eigenvalue weighted by molar-refractivity contribution is -0.113. The second-order valence-corrected chi connectivity index (χ2v) is 1.47. The van der Waals surface area contributed by atoms with Crippen molar-refractivity contribution in [1.29, 1.82) is 0 Å². The first-order valence-electron chi connectivity index (χ1n) is 2.17. The number of hydrogen-bond donors (Lipinski definition) is 0. The van der Waals surface area contributed by atoms with Gasteiger partial charge in [-0.05, 0) is 0 Å². The van der Waals surface area contributed by atoms with Gasteiger partial charge in [-0.3, -0.25) is 0 Å². The second kappa shape index (κ2) is 3.10. The zero-order valence-corrected chi connectivity index (χ0v) is 4.72. The minimum absolute atomic E-state index is 3.07. The quantitative estimate of drug-likeness (QED) is 0.547. The Morgan fingerprint density at radius 3 is 1.36 bits per heavy atom. The number of halogens is 7. The first-order valence-corrected chi connectivity index (χ1v) is 2.17. The van der Waals surface area contributed by atoms with Gasteiger partial charge in [0.1, 0.15) is 0 Å². The predicted molar refractivity (Wildman–Crippen MR) is 21.3 cm³/mol. The highest BCUT2D eigenvalue weighted by atomic mass is 19.4. The summed E-state index contributed by atoms with van der Waals surface area (Å²) >= 11 is 0. The topological polar surface area (TPSA) is 0 Å². The average molecular weight is 182 g/mol. The van der Waals surface area contributed by atoms with Gasteiger partial charge in [0.2, 0.25) is 0 Å². The van der Waals surface area contributed by atoms with Crippen LogP contribution in [-0.2, 0) is 0 Å². The highest BCUT2D eigenvalue weighted by Gasteiger charge is 2.43. The van der Waals surface area contributed by atoms with Crippen LogP contribution in [0.5, 0.6) is 0 Å². The van der Waals surface area contributed by atoms with E-state index in [1.165, 1.54) is 0 Å². The lowest BCUT2D eigenvalue weighted by Gasteiger charge is -2.07. The van der Waals surface area contributed by atoms with Crippen molar-refractivity contribution < 1.29 is 30.7 Å². The van der Waals surface area contributed by atoms with Crippen molar-refractivity contribution in [3.63, 3.8) is 0 Å². The van der Waals surface area contributed by atoms with Gasteiger partial charge < -0.3 is 0 Å². The summed E-state index contributed by atoms with van der Waals surface area (Å²) in [6.07, 6.45) is -13.2. The van der Waals surface area contributed by atoms with Gasteiger partial charge in [0.25, 0.3) is 12.5 Å². The normalized spacial score (nSPS) is 12.0. The SMILES string of the molecule is FC(F)=C(C(F)F)C(F)(F)F. The van der Waals surface area contributed by atoms with Crippen LogP contribution in [0.3, 0.4) is 0 Å². The monoisotopic (exact) mass is 182 g/mol. The first-order chi connectivity index (χ1) is 4.76. The molecule has 66 valence electrons. The van der Waals surface area contributed by atoms with Crippen LogP contribution in [0.4, 0.5) is 30.7 Å². The Bertz CT molecular complexity index is 160. The molecule has 0 saturated carbocycles. The molecule has 0 aromatic carbocycles. The first kappa shape index (κ1) is 10.2. The smallest absolute Gasteiger partial charge is 0.205 e. The van der Waals surface area contributed by atoms with Gasteiger partial charge in [-0.15, -0.1) is 0 Å². The summed E-state index contributed by atoms with van der Waals surface area (Å²) in [6.45, 7) is 0. The molecule has 0 fully saturated rings. The fraction of sp³-hybridized carbons (Fsp3) is 0.500. The summed E-state index contributed by atoms with van der Waals surface area (Å²) in [5.41, 5.74) is -3.07. The standard InChI is InChI=1S/C4HF7/c5-2(6)1(3(7)8)4(9,10)11/h2H. The summed E-state index contributed by atoms with van der Waals surface area (Å²) in [5, 5.41) is 0. The van der Waals surface area contributed by atoms with Crippen LogP contribution >= 0.6 is 0 Å². The van der Waals surface area contributed by atoms with Crippen molar-refractivity contribution in [2.75, 3.05) is 0 Å². The maximum atomic E-state index is 11.2. The van der Waals surface area contributed by atoms with E-state index in [9.17, 15) is 30.7 Å². The van der Waals surface area contributed by atoms with E-state index >= 15 is 0 Å². The molecule has 0 nitrogen and oxygen atoms in total. The molecule has 0 aliphatic carbocycles. The van der Waals surface area contributed by atoms with Crippen molar-refractivity contribution in [3.05, 3.63) is 11.7 Å². The Labute approximate surface area is 56.3 Å². The molecule has 11 heavy (non-hydrogen) atoms. The van der Waals surface area contributed by atoms with Gasteiger partial charge in [0.05, 0.1) is 0 Å².